The van der Waals surface area contributed by atoms with Gasteiger partial charge in [-0.15, -0.1) is 0 Å². The largest absolute Gasteiger partial charge is 0.374 e. The Bertz CT molecular complexity index is 132. The summed E-state index contributed by atoms with van der Waals surface area (Å²) < 4.78 is 0. The Labute approximate surface area is 55.4 Å². The molecule has 0 aliphatic carbocycles. The Balaban J connectivity index is 3.70. The first kappa shape index (κ1) is 7.83. The van der Waals surface area contributed by atoms with E-state index >= 15 is 0 Å². The Morgan fingerprint density at radius 3 is 2.78 bits per heavy atom. The number of nitrogens with zero attached hydrogens (tertiary/aromatic N) is 1. The number of rotatable bonds is 3. The molecule has 0 aliphatic heterocycles. The van der Waals surface area contributed by atoms with Crippen molar-refractivity contribution in [3.63, 3.8) is 0 Å². The van der Waals surface area contributed by atoms with E-state index < -0.39 is 0 Å². The van der Waals surface area contributed by atoms with Gasteiger partial charge in [-0.1, -0.05) is 0 Å². The summed E-state index contributed by atoms with van der Waals surface area (Å²) in [6.07, 6.45) is 1.43. The van der Waals surface area contributed by atoms with Crippen molar-refractivity contribution in [1.29, 1.82) is 5.26 Å². The minimum atomic E-state index is 0.764. The van der Waals surface area contributed by atoms with Gasteiger partial charge in [-0.05, 0) is 6.92 Å². The van der Waals surface area contributed by atoms with E-state index in [1.54, 1.807) is 7.05 Å². The van der Waals surface area contributed by atoms with Crippen molar-refractivity contribution in [2.75, 3.05) is 13.6 Å². The second kappa shape index (κ2) is 4.98. The lowest BCUT2D eigenvalue weighted by molar-refractivity contribution is 0.767. The molecule has 2 N–H and O–H groups in total. The second-order valence-electron chi connectivity index (χ2n) is 1.47. The SMILES string of the molecule is CCN/C(=C/C#N)NC. The summed E-state index contributed by atoms with van der Waals surface area (Å²) in [6, 6.07) is 1.92. The van der Waals surface area contributed by atoms with Gasteiger partial charge in [0.15, 0.2) is 0 Å². The molecule has 0 amide bonds. The van der Waals surface area contributed by atoms with Gasteiger partial charge in [0, 0.05) is 13.6 Å². The predicted molar refractivity (Wildman–Crippen MR) is 36.4 cm³/mol. The standard InChI is InChI=1S/C6H11N3/c1-3-9-6(8-2)4-5-7/h4,8-9H,3H2,1-2H3/b6-4+. The molecule has 50 valence electrons. The Morgan fingerprint density at radius 2 is 2.44 bits per heavy atom. The number of nitriles is 1. The minimum absolute atomic E-state index is 0.764. The fourth-order valence-corrected chi connectivity index (χ4v) is 0.467. The average Bonchev–Trinajstić information content (AvgIpc) is 1.88. The van der Waals surface area contributed by atoms with Gasteiger partial charge >= 0.3 is 0 Å². The summed E-state index contributed by atoms with van der Waals surface area (Å²) >= 11 is 0. The smallest absolute Gasteiger partial charge is 0.109 e. The third-order valence-corrected chi connectivity index (χ3v) is 0.845. The maximum absolute atomic E-state index is 8.19. The molecule has 0 radical (unpaired) electrons. The molecule has 0 rings (SSSR count). The van der Waals surface area contributed by atoms with Crippen LogP contribution in [0.1, 0.15) is 6.92 Å². The van der Waals surface area contributed by atoms with Crippen LogP contribution in [0.25, 0.3) is 0 Å². The van der Waals surface area contributed by atoms with E-state index in [1.165, 1.54) is 6.08 Å². The quantitative estimate of drug-likeness (QED) is 0.529. The molecule has 0 saturated carbocycles. The highest BCUT2D eigenvalue weighted by Gasteiger charge is 1.84. The fraction of sp³-hybridized carbons (Fsp3) is 0.500. The van der Waals surface area contributed by atoms with Crippen LogP contribution < -0.4 is 10.6 Å². The van der Waals surface area contributed by atoms with Crippen molar-refractivity contribution in [2.24, 2.45) is 0 Å². The van der Waals surface area contributed by atoms with Crippen molar-refractivity contribution in [3.05, 3.63) is 11.9 Å². The summed E-state index contributed by atoms with van der Waals surface area (Å²) in [5.41, 5.74) is 0. The lowest BCUT2D eigenvalue weighted by Gasteiger charge is -2.04. The lowest BCUT2D eigenvalue weighted by Crippen LogP contribution is -2.22. The van der Waals surface area contributed by atoms with E-state index in [4.69, 9.17) is 5.26 Å². The predicted octanol–water partition coefficient (Wildman–Crippen LogP) is 0.180. The van der Waals surface area contributed by atoms with Gasteiger partial charge in [-0.2, -0.15) is 5.26 Å². The zero-order valence-electron chi connectivity index (χ0n) is 5.73. The molecule has 0 spiro atoms. The van der Waals surface area contributed by atoms with E-state index in [0.29, 0.717) is 0 Å². The number of hydrogen-bond acceptors (Lipinski definition) is 3. The zero-order chi connectivity index (χ0) is 7.11. The van der Waals surface area contributed by atoms with Gasteiger partial charge < -0.3 is 10.6 Å². The van der Waals surface area contributed by atoms with Gasteiger partial charge in [0.1, 0.15) is 5.82 Å². The van der Waals surface area contributed by atoms with Crippen LogP contribution in [0.3, 0.4) is 0 Å². The Hall–Kier alpha value is -1.17. The Morgan fingerprint density at radius 1 is 1.78 bits per heavy atom. The number of allylic oxidation sites excluding steroid dienone is 1. The molecule has 0 aromatic carbocycles. The highest BCUT2D eigenvalue weighted by molar-refractivity contribution is 5.09. The van der Waals surface area contributed by atoms with E-state index in [1.807, 2.05) is 13.0 Å². The Kier molecular flexibility index (Phi) is 4.33. The first-order valence-corrected chi connectivity index (χ1v) is 2.86. The molecule has 0 unspecified atom stereocenters. The summed E-state index contributed by atoms with van der Waals surface area (Å²) in [5, 5.41) is 14.0. The van der Waals surface area contributed by atoms with Gasteiger partial charge in [-0.25, -0.2) is 0 Å². The van der Waals surface area contributed by atoms with Crippen LogP contribution in [0, 0.1) is 11.3 Å². The first-order chi connectivity index (χ1) is 4.35. The fourth-order valence-electron chi connectivity index (χ4n) is 0.467. The van der Waals surface area contributed by atoms with Gasteiger partial charge in [0.25, 0.3) is 0 Å². The lowest BCUT2D eigenvalue weighted by atomic mass is 10.5. The number of hydrogen-bond donors (Lipinski definition) is 2. The molecule has 0 aromatic heterocycles. The maximum Gasteiger partial charge on any atom is 0.109 e. The van der Waals surface area contributed by atoms with Crippen molar-refractivity contribution in [3.8, 4) is 6.07 Å². The van der Waals surface area contributed by atoms with E-state index in [9.17, 15) is 0 Å². The average molecular weight is 125 g/mol. The molecule has 3 heteroatoms. The van der Waals surface area contributed by atoms with Crippen LogP contribution in [0.5, 0.6) is 0 Å². The normalized spacial score (nSPS) is 10.1. The molecule has 3 nitrogen and oxygen atoms in total. The van der Waals surface area contributed by atoms with Crippen LogP contribution in [-0.4, -0.2) is 13.6 Å². The zero-order valence-corrected chi connectivity index (χ0v) is 5.73. The van der Waals surface area contributed by atoms with Crippen LogP contribution >= 0.6 is 0 Å². The van der Waals surface area contributed by atoms with E-state index in [-0.39, 0.29) is 0 Å². The number of nitrogens with one attached hydrogen (secondary N) is 2. The minimum Gasteiger partial charge on any atom is -0.374 e. The van der Waals surface area contributed by atoms with Crippen LogP contribution in [0.15, 0.2) is 11.9 Å². The third-order valence-electron chi connectivity index (χ3n) is 0.845. The van der Waals surface area contributed by atoms with Crippen LogP contribution in [0.2, 0.25) is 0 Å². The van der Waals surface area contributed by atoms with Crippen molar-refractivity contribution < 1.29 is 0 Å². The summed E-state index contributed by atoms with van der Waals surface area (Å²) in [7, 11) is 1.77. The summed E-state index contributed by atoms with van der Waals surface area (Å²) in [4.78, 5) is 0. The topological polar surface area (TPSA) is 47.9 Å². The van der Waals surface area contributed by atoms with E-state index in [2.05, 4.69) is 10.6 Å². The summed E-state index contributed by atoms with van der Waals surface area (Å²) in [5.74, 6) is 0.764. The van der Waals surface area contributed by atoms with Crippen LogP contribution in [0.4, 0.5) is 0 Å². The first-order valence-electron chi connectivity index (χ1n) is 2.86. The third kappa shape index (κ3) is 3.42. The van der Waals surface area contributed by atoms with Crippen LogP contribution in [-0.2, 0) is 0 Å². The molecule has 0 bridgehead atoms. The molecule has 0 aliphatic rings. The molecule has 0 fully saturated rings. The van der Waals surface area contributed by atoms with E-state index in [0.717, 1.165) is 12.4 Å². The molecule has 9 heavy (non-hydrogen) atoms. The summed E-state index contributed by atoms with van der Waals surface area (Å²) in [6.45, 7) is 2.80. The molecule has 0 atom stereocenters. The molecule has 0 saturated heterocycles. The van der Waals surface area contributed by atoms with Gasteiger partial charge in [0.05, 0.1) is 12.1 Å². The van der Waals surface area contributed by atoms with Crippen molar-refractivity contribution in [1.82, 2.24) is 10.6 Å². The molecular weight excluding hydrogens is 114 g/mol. The van der Waals surface area contributed by atoms with Gasteiger partial charge in [-0.3, -0.25) is 0 Å². The van der Waals surface area contributed by atoms with Crippen molar-refractivity contribution >= 4 is 0 Å². The maximum atomic E-state index is 8.19. The second-order valence-corrected chi connectivity index (χ2v) is 1.47. The molecule has 0 heterocycles. The molecule has 0 aromatic rings. The highest BCUT2D eigenvalue weighted by atomic mass is 15.1. The monoisotopic (exact) mass is 125 g/mol. The highest BCUT2D eigenvalue weighted by Crippen LogP contribution is 1.76. The molecular formula is C6H11N3. The van der Waals surface area contributed by atoms with Gasteiger partial charge in [0.2, 0.25) is 0 Å². The van der Waals surface area contributed by atoms with Crippen molar-refractivity contribution in [2.45, 2.75) is 6.92 Å².